The number of carbonyl (C=O) groups excluding carboxylic acids is 2. The zero-order valence-corrected chi connectivity index (χ0v) is 20.9. The van der Waals surface area contributed by atoms with Gasteiger partial charge >= 0.3 is 5.97 Å². The van der Waals surface area contributed by atoms with E-state index in [2.05, 4.69) is 46.3 Å². The number of anilines is 1. The lowest BCUT2D eigenvalue weighted by Crippen LogP contribution is -2.14. The van der Waals surface area contributed by atoms with Crippen molar-refractivity contribution in [3.8, 4) is 11.4 Å². The number of thioether (sulfide) groups is 1. The minimum Gasteiger partial charge on any atom is -0.462 e. The second kappa shape index (κ2) is 10.9. The zero-order chi connectivity index (χ0) is 23.3. The van der Waals surface area contributed by atoms with E-state index >= 15 is 0 Å². The number of allylic oxidation sites excluding steroid dienone is 1. The van der Waals surface area contributed by atoms with Gasteiger partial charge in [-0.25, -0.2) is 9.78 Å². The summed E-state index contributed by atoms with van der Waals surface area (Å²) in [5.41, 5.74) is 2.87. The molecule has 0 radical (unpaired) electrons. The second-order valence-corrected chi connectivity index (χ2v) is 9.76. The smallest absolute Gasteiger partial charge is 0.350 e. The number of esters is 1. The van der Waals surface area contributed by atoms with Crippen molar-refractivity contribution in [1.29, 1.82) is 0 Å². The van der Waals surface area contributed by atoms with E-state index in [9.17, 15) is 9.59 Å². The third-order valence-corrected chi connectivity index (χ3v) is 7.54. The summed E-state index contributed by atoms with van der Waals surface area (Å²) in [4.78, 5) is 30.4. The Morgan fingerprint density at radius 1 is 1.31 bits per heavy atom. The summed E-state index contributed by atoms with van der Waals surface area (Å²) >= 11 is 4.10. The minimum atomic E-state index is -0.433. The summed E-state index contributed by atoms with van der Waals surface area (Å²) in [6, 6.07) is 0. The highest BCUT2D eigenvalue weighted by atomic mass is 32.2. The molecule has 1 N–H and O–H groups in total. The number of amides is 1. The van der Waals surface area contributed by atoms with Gasteiger partial charge in [0.05, 0.1) is 18.1 Å². The standard InChI is InChI=1S/C21H25N5O3S3/c1-6-9-26-18(15-10-30-13(5)14(15)7-2)24-25-21(26)31-11-16(27)23-20-22-12(4)17(32-20)19(28)29-8-3/h6,10H,1,7-9,11H2,2-5H3,(H,22,23,27). The van der Waals surface area contributed by atoms with E-state index in [1.54, 1.807) is 31.3 Å². The number of thiophene rings is 1. The maximum absolute atomic E-state index is 12.5. The molecule has 0 spiro atoms. The number of aryl methyl sites for hydroxylation is 2. The van der Waals surface area contributed by atoms with Crippen molar-refractivity contribution in [3.63, 3.8) is 0 Å². The maximum atomic E-state index is 12.5. The van der Waals surface area contributed by atoms with E-state index in [0.29, 0.717) is 27.4 Å². The highest BCUT2D eigenvalue weighted by Crippen LogP contribution is 2.32. The number of carbonyl (C=O) groups is 2. The first kappa shape index (κ1) is 24.1. The van der Waals surface area contributed by atoms with E-state index in [1.807, 2.05) is 4.57 Å². The Bertz CT molecular complexity index is 1130. The Kier molecular flexibility index (Phi) is 8.21. The molecule has 3 aromatic heterocycles. The SMILES string of the molecule is C=CCn1c(SCC(=O)Nc2nc(C)c(C(=O)OCC)s2)nnc1-c1csc(C)c1CC. The third kappa shape index (κ3) is 5.28. The molecule has 0 saturated heterocycles. The topological polar surface area (TPSA) is 99.0 Å². The normalized spacial score (nSPS) is 10.9. The molecule has 0 aliphatic heterocycles. The van der Waals surface area contributed by atoms with E-state index in [1.165, 1.54) is 22.2 Å². The molecule has 3 aromatic rings. The Labute approximate surface area is 199 Å². The third-order valence-electron chi connectivity index (χ3n) is 4.56. The van der Waals surface area contributed by atoms with Crippen LogP contribution in [0.25, 0.3) is 11.4 Å². The van der Waals surface area contributed by atoms with E-state index in [4.69, 9.17) is 4.74 Å². The van der Waals surface area contributed by atoms with Crippen LogP contribution in [-0.2, 0) is 22.5 Å². The molecular formula is C21H25N5O3S3. The fourth-order valence-electron chi connectivity index (χ4n) is 3.12. The van der Waals surface area contributed by atoms with Crippen LogP contribution in [0, 0.1) is 13.8 Å². The lowest BCUT2D eigenvalue weighted by atomic mass is 10.1. The first-order chi connectivity index (χ1) is 15.4. The van der Waals surface area contributed by atoms with Crippen molar-refractivity contribution in [3.05, 3.63) is 39.0 Å². The quantitative estimate of drug-likeness (QED) is 0.248. The lowest BCUT2D eigenvalue weighted by Gasteiger charge is -2.08. The maximum Gasteiger partial charge on any atom is 0.350 e. The molecule has 0 bridgehead atoms. The summed E-state index contributed by atoms with van der Waals surface area (Å²) in [6.07, 6.45) is 2.70. The fraction of sp³-hybridized carbons (Fsp3) is 0.381. The Morgan fingerprint density at radius 2 is 2.09 bits per heavy atom. The summed E-state index contributed by atoms with van der Waals surface area (Å²) in [7, 11) is 0. The van der Waals surface area contributed by atoms with Crippen LogP contribution in [0.1, 0.15) is 39.7 Å². The number of ether oxygens (including phenoxy) is 1. The number of thiazole rings is 1. The van der Waals surface area contributed by atoms with Gasteiger partial charge < -0.3 is 10.1 Å². The molecule has 0 aliphatic rings. The molecule has 11 heteroatoms. The molecule has 170 valence electrons. The largest absolute Gasteiger partial charge is 0.462 e. The summed E-state index contributed by atoms with van der Waals surface area (Å²) in [5, 5.41) is 14.6. The van der Waals surface area contributed by atoms with Gasteiger partial charge in [0.25, 0.3) is 0 Å². The first-order valence-corrected chi connectivity index (χ1v) is 12.8. The van der Waals surface area contributed by atoms with Crippen molar-refractivity contribution >= 4 is 51.4 Å². The van der Waals surface area contributed by atoms with Gasteiger partial charge in [-0.1, -0.05) is 36.1 Å². The lowest BCUT2D eigenvalue weighted by molar-refractivity contribution is -0.113. The Hall–Kier alpha value is -2.50. The monoisotopic (exact) mass is 491 g/mol. The molecule has 0 saturated carbocycles. The average molecular weight is 492 g/mol. The molecule has 0 fully saturated rings. The van der Waals surface area contributed by atoms with Gasteiger partial charge in [-0.05, 0) is 32.8 Å². The van der Waals surface area contributed by atoms with Crippen molar-refractivity contribution in [2.24, 2.45) is 0 Å². The van der Waals surface area contributed by atoms with Crippen LogP contribution < -0.4 is 5.32 Å². The number of rotatable bonds is 10. The number of hydrogen-bond donors (Lipinski definition) is 1. The summed E-state index contributed by atoms with van der Waals surface area (Å²) < 4.78 is 6.98. The van der Waals surface area contributed by atoms with Crippen molar-refractivity contribution in [2.75, 3.05) is 17.7 Å². The van der Waals surface area contributed by atoms with Crippen LogP contribution in [0.2, 0.25) is 0 Å². The van der Waals surface area contributed by atoms with Gasteiger partial charge in [0.1, 0.15) is 4.88 Å². The molecule has 0 aliphatic carbocycles. The van der Waals surface area contributed by atoms with Gasteiger partial charge in [-0.2, -0.15) is 0 Å². The van der Waals surface area contributed by atoms with E-state index in [-0.39, 0.29) is 18.3 Å². The van der Waals surface area contributed by atoms with Crippen LogP contribution in [-0.4, -0.2) is 44.0 Å². The van der Waals surface area contributed by atoms with Gasteiger partial charge in [0.15, 0.2) is 16.1 Å². The minimum absolute atomic E-state index is 0.131. The Balaban J connectivity index is 1.71. The van der Waals surface area contributed by atoms with Gasteiger partial charge in [-0.15, -0.1) is 28.1 Å². The van der Waals surface area contributed by atoms with Crippen LogP contribution in [0.15, 0.2) is 23.2 Å². The van der Waals surface area contributed by atoms with Gasteiger partial charge in [0, 0.05) is 22.4 Å². The number of aromatic nitrogens is 4. The van der Waals surface area contributed by atoms with E-state index in [0.717, 1.165) is 29.1 Å². The zero-order valence-electron chi connectivity index (χ0n) is 18.4. The molecule has 32 heavy (non-hydrogen) atoms. The van der Waals surface area contributed by atoms with Crippen LogP contribution >= 0.6 is 34.4 Å². The molecule has 0 aromatic carbocycles. The molecule has 1 amide bonds. The van der Waals surface area contributed by atoms with Crippen molar-refractivity contribution < 1.29 is 14.3 Å². The van der Waals surface area contributed by atoms with E-state index < -0.39 is 5.97 Å². The predicted molar refractivity (Wildman–Crippen MR) is 130 cm³/mol. The van der Waals surface area contributed by atoms with Crippen LogP contribution in [0.3, 0.4) is 0 Å². The molecule has 3 rings (SSSR count). The van der Waals surface area contributed by atoms with Gasteiger partial charge in [-0.3, -0.25) is 9.36 Å². The summed E-state index contributed by atoms with van der Waals surface area (Å²) in [6.45, 7) is 12.4. The van der Waals surface area contributed by atoms with Crippen LogP contribution in [0.4, 0.5) is 5.13 Å². The number of hydrogen-bond acceptors (Lipinski definition) is 9. The molecule has 3 heterocycles. The summed E-state index contributed by atoms with van der Waals surface area (Å²) in [5.74, 6) is 0.238. The molecule has 8 nitrogen and oxygen atoms in total. The first-order valence-electron chi connectivity index (χ1n) is 10.1. The van der Waals surface area contributed by atoms with Gasteiger partial charge in [0.2, 0.25) is 5.91 Å². The van der Waals surface area contributed by atoms with Crippen LogP contribution in [0.5, 0.6) is 0 Å². The molecular weight excluding hydrogens is 466 g/mol. The average Bonchev–Trinajstić information content (AvgIpc) is 3.43. The van der Waals surface area contributed by atoms with Crippen molar-refractivity contribution in [2.45, 2.75) is 45.8 Å². The number of nitrogens with one attached hydrogen (secondary N) is 1. The predicted octanol–water partition coefficient (Wildman–Crippen LogP) is 4.74. The second-order valence-electron chi connectivity index (χ2n) is 6.73. The number of nitrogens with zero attached hydrogens (tertiary/aromatic N) is 4. The highest BCUT2D eigenvalue weighted by molar-refractivity contribution is 7.99. The highest BCUT2D eigenvalue weighted by Gasteiger charge is 2.20. The molecule has 0 unspecified atom stereocenters. The van der Waals surface area contributed by atoms with Crippen molar-refractivity contribution in [1.82, 2.24) is 19.7 Å². The Morgan fingerprint density at radius 3 is 2.78 bits per heavy atom. The molecule has 0 atom stereocenters. The fourth-order valence-corrected chi connectivity index (χ4v) is 5.68.